The van der Waals surface area contributed by atoms with Gasteiger partial charge in [0.15, 0.2) is 0 Å². The molecular formula is C24H28NOPS. The summed E-state index contributed by atoms with van der Waals surface area (Å²) < 4.78 is 0. The first-order valence-corrected chi connectivity index (χ1v) is 13.0. The van der Waals surface area contributed by atoms with E-state index in [9.17, 15) is 4.79 Å². The smallest absolute Gasteiger partial charge is 0.255 e. The predicted molar refractivity (Wildman–Crippen MR) is 126 cm³/mol. The fourth-order valence-corrected chi connectivity index (χ4v) is 6.65. The second-order valence-electron chi connectivity index (χ2n) is 7.88. The van der Waals surface area contributed by atoms with Crippen LogP contribution in [0.2, 0.25) is 0 Å². The quantitative estimate of drug-likeness (QED) is 0.543. The van der Waals surface area contributed by atoms with Gasteiger partial charge >= 0.3 is 0 Å². The van der Waals surface area contributed by atoms with Gasteiger partial charge in [0, 0.05) is 29.0 Å². The monoisotopic (exact) mass is 409 g/mol. The maximum atomic E-state index is 13.7. The van der Waals surface area contributed by atoms with Crippen LogP contribution in [-0.4, -0.2) is 29.6 Å². The van der Waals surface area contributed by atoms with Crippen molar-refractivity contribution in [1.82, 2.24) is 4.90 Å². The zero-order valence-corrected chi connectivity index (χ0v) is 18.9. The van der Waals surface area contributed by atoms with Gasteiger partial charge in [-0.05, 0) is 62.6 Å². The molecule has 3 aromatic rings. The Labute approximate surface area is 173 Å². The van der Waals surface area contributed by atoms with Gasteiger partial charge in [0.2, 0.25) is 0 Å². The average molecular weight is 410 g/mol. The molecule has 3 aromatic carbocycles. The van der Waals surface area contributed by atoms with E-state index < -0.39 is 6.04 Å². The number of fused-ring (bicyclic) bond motifs is 1. The first-order chi connectivity index (χ1) is 13.2. The Bertz CT molecular complexity index is 1030. The first kappa shape index (κ1) is 20.8. The van der Waals surface area contributed by atoms with E-state index in [0.29, 0.717) is 0 Å². The van der Waals surface area contributed by atoms with Crippen molar-refractivity contribution in [2.45, 2.75) is 39.8 Å². The standard InChI is InChI=1S/C24H28NOPS/c1-17(2)25(18(3)4)24(26)22-15-19-11-9-10-12-20(19)16-23(22)27(5,28)21-13-7-6-8-14-21/h6-18H,1-5H3. The van der Waals surface area contributed by atoms with E-state index in [1.54, 1.807) is 0 Å². The first-order valence-electron chi connectivity index (χ1n) is 9.72. The van der Waals surface area contributed by atoms with Crippen molar-refractivity contribution >= 4 is 45.1 Å². The summed E-state index contributed by atoms with van der Waals surface area (Å²) >= 11 is 6.20. The summed E-state index contributed by atoms with van der Waals surface area (Å²) in [5.41, 5.74) is 0.746. The van der Waals surface area contributed by atoms with Crippen molar-refractivity contribution in [2.75, 3.05) is 6.66 Å². The second kappa shape index (κ2) is 8.19. The lowest BCUT2D eigenvalue weighted by Gasteiger charge is -2.32. The molecule has 28 heavy (non-hydrogen) atoms. The number of amides is 1. The summed E-state index contributed by atoms with van der Waals surface area (Å²) in [6.07, 6.45) is 0. The molecule has 0 spiro atoms. The highest BCUT2D eigenvalue weighted by atomic mass is 32.4. The third-order valence-corrected chi connectivity index (χ3v) is 8.95. The molecule has 0 radical (unpaired) electrons. The highest BCUT2D eigenvalue weighted by Gasteiger charge is 2.28. The third-order valence-electron chi connectivity index (χ3n) is 5.15. The van der Waals surface area contributed by atoms with Crippen molar-refractivity contribution in [1.29, 1.82) is 0 Å². The fourth-order valence-electron chi connectivity index (χ4n) is 3.81. The summed E-state index contributed by atoms with van der Waals surface area (Å²) in [5.74, 6) is 0.0674. The number of hydrogen-bond acceptors (Lipinski definition) is 2. The van der Waals surface area contributed by atoms with E-state index in [4.69, 9.17) is 11.8 Å². The molecule has 0 bridgehead atoms. The molecule has 0 heterocycles. The summed E-state index contributed by atoms with van der Waals surface area (Å²) in [6.45, 7) is 10.4. The Morgan fingerprint density at radius 1 is 0.857 bits per heavy atom. The molecule has 0 saturated heterocycles. The molecule has 0 fully saturated rings. The molecule has 0 aliphatic carbocycles. The molecule has 0 aromatic heterocycles. The van der Waals surface area contributed by atoms with E-state index in [0.717, 1.165) is 26.9 Å². The van der Waals surface area contributed by atoms with Crippen molar-refractivity contribution in [3.05, 3.63) is 72.3 Å². The van der Waals surface area contributed by atoms with Gasteiger partial charge < -0.3 is 4.90 Å². The molecule has 3 rings (SSSR count). The average Bonchev–Trinajstić information content (AvgIpc) is 2.67. The largest absolute Gasteiger partial charge is 0.334 e. The Kier molecular flexibility index (Phi) is 6.07. The van der Waals surface area contributed by atoms with E-state index in [1.807, 2.05) is 41.3 Å². The Hall–Kier alpha value is -1.96. The van der Waals surface area contributed by atoms with Gasteiger partial charge in [-0.25, -0.2) is 0 Å². The normalized spacial score (nSPS) is 13.7. The second-order valence-corrected chi connectivity index (χ2v) is 12.9. The predicted octanol–water partition coefficient (Wildman–Crippen LogP) is 5.16. The van der Waals surface area contributed by atoms with E-state index in [2.05, 4.69) is 64.7 Å². The van der Waals surface area contributed by atoms with Crippen LogP contribution in [0, 0.1) is 0 Å². The summed E-state index contributed by atoms with van der Waals surface area (Å²) in [7, 11) is 0. The lowest BCUT2D eigenvalue weighted by molar-refractivity contribution is 0.0645. The molecular weight excluding hydrogens is 381 g/mol. The van der Waals surface area contributed by atoms with Crippen LogP contribution in [0.4, 0.5) is 0 Å². The minimum atomic E-state index is -2.11. The molecule has 4 heteroatoms. The lowest BCUT2D eigenvalue weighted by Crippen LogP contribution is -2.43. The SMILES string of the molecule is CC(C)N(C(=O)c1cc2ccccc2cc1P(C)(=S)c1ccccc1)C(C)C. The van der Waals surface area contributed by atoms with Gasteiger partial charge in [0.1, 0.15) is 0 Å². The van der Waals surface area contributed by atoms with Crippen molar-refractivity contribution in [3.8, 4) is 0 Å². The van der Waals surface area contributed by atoms with E-state index >= 15 is 0 Å². The van der Waals surface area contributed by atoms with Gasteiger partial charge in [-0.2, -0.15) is 0 Å². The Morgan fingerprint density at radius 3 is 1.89 bits per heavy atom. The lowest BCUT2D eigenvalue weighted by atomic mass is 10.0. The molecule has 0 aliphatic rings. The number of nitrogens with zero attached hydrogens (tertiary/aromatic N) is 1. The van der Waals surface area contributed by atoms with Gasteiger partial charge in [-0.15, -0.1) is 0 Å². The molecule has 1 atom stereocenters. The summed E-state index contributed by atoms with van der Waals surface area (Å²) in [6, 6.07) is 20.8. The maximum absolute atomic E-state index is 13.7. The highest BCUT2D eigenvalue weighted by molar-refractivity contribution is 8.21. The van der Waals surface area contributed by atoms with Crippen LogP contribution in [-0.2, 0) is 11.8 Å². The summed E-state index contributed by atoms with van der Waals surface area (Å²) in [4.78, 5) is 15.6. The van der Waals surface area contributed by atoms with Gasteiger partial charge in [0.05, 0.1) is 0 Å². The molecule has 0 N–H and O–H groups in total. The molecule has 2 nitrogen and oxygen atoms in total. The number of rotatable bonds is 5. The topological polar surface area (TPSA) is 20.3 Å². The molecule has 146 valence electrons. The number of carbonyl (C=O) groups excluding carboxylic acids is 1. The Morgan fingerprint density at radius 2 is 1.36 bits per heavy atom. The minimum absolute atomic E-state index is 0.0674. The van der Waals surface area contributed by atoms with Crippen molar-refractivity contribution in [3.63, 3.8) is 0 Å². The number of benzene rings is 3. The van der Waals surface area contributed by atoms with Crippen LogP contribution in [0.3, 0.4) is 0 Å². The van der Waals surface area contributed by atoms with Crippen molar-refractivity contribution < 1.29 is 4.79 Å². The number of hydrogen-bond donors (Lipinski definition) is 0. The highest BCUT2D eigenvalue weighted by Crippen LogP contribution is 2.41. The fraction of sp³-hybridized carbons (Fsp3) is 0.292. The van der Waals surface area contributed by atoms with Gasteiger partial charge in [0.25, 0.3) is 5.91 Å². The van der Waals surface area contributed by atoms with Crippen LogP contribution in [0.1, 0.15) is 38.1 Å². The molecule has 1 amide bonds. The number of carbonyl (C=O) groups is 1. The zero-order valence-electron chi connectivity index (χ0n) is 17.2. The zero-order chi connectivity index (χ0) is 20.5. The summed E-state index contributed by atoms with van der Waals surface area (Å²) in [5, 5.41) is 4.34. The van der Waals surface area contributed by atoms with E-state index in [1.165, 1.54) is 0 Å². The van der Waals surface area contributed by atoms with Crippen LogP contribution in [0.5, 0.6) is 0 Å². The molecule has 0 saturated carbocycles. The van der Waals surface area contributed by atoms with Crippen molar-refractivity contribution in [2.24, 2.45) is 0 Å². The Balaban J connectivity index is 2.28. The van der Waals surface area contributed by atoms with Crippen LogP contribution >= 0.6 is 6.04 Å². The van der Waals surface area contributed by atoms with Crippen LogP contribution < -0.4 is 10.6 Å². The minimum Gasteiger partial charge on any atom is -0.334 e. The van der Waals surface area contributed by atoms with Crippen LogP contribution in [0.15, 0.2) is 66.7 Å². The van der Waals surface area contributed by atoms with Crippen LogP contribution in [0.25, 0.3) is 10.8 Å². The van der Waals surface area contributed by atoms with Gasteiger partial charge in [-0.1, -0.05) is 66.4 Å². The molecule has 0 aliphatic heterocycles. The third kappa shape index (κ3) is 3.92. The van der Waals surface area contributed by atoms with E-state index in [-0.39, 0.29) is 18.0 Å². The van der Waals surface area contributed by atoms with Gasteiger partial charge in [-0.3, -0.25) is 4.79 Å². The maximum Gasteiger partial charge on any atom is 0.255 e. The molecule has 1 unspecified atom stereocenters.